The van der Waals surface area contributed by atoms with Crippen LogP contribution in [0.15, 0.2) is 42.5 Å². The first-order chi connectivity index (χ1) is 9.58. The lowest BCUT2D eigenvalue weighted by Gasteiger charge is -2.09. The molecule has 0 aromatic heterocycles. The summed E-state index contributed by atoms with van der Waals surface area (Å²) in [6.45, 7) is 3.62. The monoisotopic (exact) mass is 268 g/mol. The third-order valence-corrected chi connectivity index (χ3v) is 4.10. The second-order valence-electron chi connectivity index (χ2n) is 5.64. The first-order valence-corrected chi connectivity index (χ1v) is 6.94. The van der Waals surface area contributed by atoms with Crippen LogP contribution in [0.1, 0.15) is 39.4 Å². The van der Waals surface area contributed by atoms with Gasteiger partial charge in [-0.15, -0.1) is 0 Å². The molecule has 0 aliphatic heterocycles. The summed E-state index contributed by atoms with van der Waals surface area (Å²) in [6.07, 6.45) is 0.902. The molecule has 2 atom stereocenters. The molecule has 0 bridgehead atoms. The molecule has 1 aliphatic rings. The van der Waals surface area contributed by atoms with Gasteiger partial charge in [0.1, 0.15) is 5.82 Å². The third-order valence-electron chi connectivity index (χ3n) is 4.10. The number of aryl methyl sites for hydroxylation is 2. The van der Waals surface area contributed by atoms with Crippen molar-refractivity contribution >= 4 is 5.78 Å². The van der Waals surface area contributed by atoms with Crippen LogP contribution >= 0.6 is 0 Å². The van der Waals surface area contributed by atoms with Crippen molar-refractivity contribution < 1.29 is 9.18 Å². The molecule has 0 saturated heterocycles. The molecule has 0 heterocycles. The average Bonchev–Trinajstić information content (AvgIpc) is 3.18. The minimum Gasteiger partial charge on any atom is -0.294 e. The highest BCUT2D eigenvalue weighted by Crippen LogP contribution is 2.49. The van der Waals surface area contributed by atoms with Gasteiger partial charge >= 0.3 is 0 Å². The molecule has 20 heavy (non-hydrogen) atoms. The summed E-state index contributed by atoms with van der Waals surface area (Å²) >= 11 is 0. The molecule has 1 aliphatic carbocycles. The van der Waals surface area contributed by atoms with E-state index in [4.69, 9.17) is 0 Å². The fourth-order valence-electron chi connectivity index (χ4n) is 3.04. The average molecular weight is 268 g/mol. The molecule has 0 N–H and O–H groups in total. The topological polar surface area (TPSA) is 17.1 Å². The van der Waals surface area contributed by atoms with Crippen LogP contribution in [0, 0.1) is 25.6 Å². The maximum Gasteiger partial charge on any atom is 0.167 e. The van der Waals surface area contributed by atoms with Gasteiger partial charge in [-0.3, -0.25) is 4.79 Å². The number of carbonyl (C=O) groups excluding carboxylic acids is 1. The fraction of sp³-hybridized carbons (Fsp3) is 0.278. The molecule has 2 heteroatoms. The summed E-state index contributed by atoms with van der Waals surface area (Å²) in [5.41, 5.74) is 3.41. The number of Topliss-reactive ketones (excluding diaryl/α,β-unsaturated/α-hetero) is 1. The Labute approximate surface area is 118 Å². The molecule has 102 valence electrons. The van der Waals surface area contributed by atoms with Crippen molar-refractivity contribution in [1.29, 1.82) is 0 Å². The van der Waals surface area contributed by atoms with E-state index in [9.17, 15) is 9.18 Å². The molecule has 2 aromatic rings. The van der Waals surface area contributed by atoms with E-state index in [-0.39, 0.29) is 17.5 Å². The summed E-state index contributed by atoms with van der Waals surface area (Å²) in [5, 5.41) is 0. The Hall–Kier alpha value is -1.96. The molecule has 1 nitrogen and oxygen atoms in total. The molecular formula is C18H17FO. The van der Waals surface area contributed by atoms with Gasteiger partial charge in [0.2, 0.25) is 0 Å². The van der Waals surface area contributed by atoms with E-state index in [1.807, 2.05) is 32.0 Å². The summed E-state index contributed by atoms with van der Waals surface area (Å²) in [6, 6.07) is 13.0. The van der Waals surface area contributed by atoms with Crippen molar-refractivity contribution in [3.63, 3.8) is 0 Å². The first-order valence-electron chi connectivity index (χ1n) is 6.94. The highest BCUT2D eigenvalue weighted by Gasteiger charge is 2.44. The summed E-state index contributed by atoms with van der Waals surface area (Å²) < 4.78 is 13.3. The molecule has 0 amide bonds. The van der Waals surface area contributed by atoms with Crippen molar-refractivity contribution in [3.05, 3.63) is 70.5 Å². The van der Waals surface area contributed by atoms with Gasteiger partial charge < -0.3 is 0 Å². The van der Waals surface area contributed by atoms with Crippen LogP contribution in [-0.4, -0.2) is 5.78 Å². The van der Waals surface area contributed by atoms with E-state index >= 15 is 0 Å². The lowest BCUT2D eigenvalue weighted by Crippen LogP contribution is -2.08. The van der Waals surface area contributed by atoms with Crippen LogP contribution in [0.2, 0.25) is 0 Å². The van der Waals surface area contributed by atoms with Crippen molar-refractivity contribution in [2.75, 3.05) is 0 Å². The Bertz CT molecular complexity index is 637. The van der Waals surface area contributed by atoms with Crippen LogP contribution in [0.4, 0.5) is 4.39 Å². The zero-order chi connectivity index (χ0) is 14.3. The maximum atomic E-state index is 13.3. The second-order valence-corrected chi connectivity index (χ2v) is 5.64. The maximum absolute atomic E-state index is 13.3. The van der Waals surface area contributed by atoms with E-state index < -0.39 is 0 Å². The van der Waals surface area contributed by atoms with Crippen LogP contribution in [0.25, 0.3) is 0 Å². The van der Waals surface area contributed by atoms with E-state index in [2.05, 4.69) is 12.1 Å². The Morgan fingerprint density at radius 3 is 2.30 bits per heavy atom. The zero-order valence-electron chi connectivity index (χ0n) is 11.7. The number of halogens is 1. The van der Waals surface area contributed by atoms with E-state index in [0.29, 0.717) is 11.5 Å². The highest BCUT2D eigenvalue weighted by molar-refractivity contribution is 6.02. The van der Waals surface area contributed by atoms with Crippen LogP contribution in [0.5, 0.6) is 0 Å². The largest absolute Gasteiger partial charge is 0.294 e. The normalized spacial score (nSPS) is 20.8. The zero-order valence-corrected chi connectivity index (χ0v) is 11.7. The molecule has 1 saturated carbocycles. The minimum absolute atomic E-state index is 0.0558. The molecule has 2 unspecified atom stereocenters. The third kappa shape index (κ3) is 2.26. The van der Waals surface area contributed by atoms with Crippen LogP contribution in [-0.2, 0) is 0 Å². The number of hydrogen-bond donors (Lipinski definition) is 0. The Morgan fingerprint density at radius 1 is 1.10 bits per heavy atom. The molecule has 1 fully saturated rings. The van der Waals surface area contributed by atoms with Gasteiger partial charge in [0.25, 0.3) is 0 Å². The molecular weight excluding hydrogens is 251 g/mol. The van der Waals surface area contributed by atoms with Crippen LogP contribution < -0.4 is 0 Å². The quantitative estimate of drug-likeness (QED) is 0.753. The lowest BCUT2D eigenvalue weighted by atomic mass is 9.95. The SMILES string of the molecule is Cc1cc(F)cc(C)c1C(=O)C1CC1c1ccccc1. The van der Waals surface area contributed by atoms with E-state index in [0.717, 1.165) is 17.5 Å². The number of rotatable bonds is 3. The van der Waals surface area contributed by atoms with Crippen molar-refractivity contribution in [2.24, 2.45) is 5.92 Å². The predicted molar refractivity (Wildman–Crippen MR) is 77.5 cm³/mol. The molecule has 3 rings (SSSR count). The second kappa shape index (κ2) is 4.86. The van der Waals surface area contributed by atoms with Crippen molar-refractivity contribution in [3.8, 4) is 0 Å². The summed E-state index contributed by atoms with van der Waals surface area (Å²) in [7, 11) is 0. The van der Waals surface area contributed by atoms with Crippen molar-refractivity contribution in [2.45, 2.75) is 26.2 Å². The Balaban J connectivity index is 1.86. The number of carbonyl (C=O) groups is 1. The lowest BCUT2D eigenvalue weighted by molar-refractivity contribution is 0.0964. The Morgan fingerprint density at radius 2 is 1.70 bits per heavy atom. The van der Waals surface area contributed by atoms with Gasteiger partial charge in [-0.1, -0.05) is 30.3 Å². The number of ketones is 1. The predicted octanol–water partition coefficient (Wildman–Crippen LogP) is 4.43. The standard InChI is InChI=1S/C18H17FO/c1-11-8-14(19)9-12(2)17(11)18(20)16-10-15(16)13-6-4-3-5-7-13/h3-9,15-16H,10H2,1-2H3. The number of hydrogen-bond acceptors (Lipinski definition) is 1. The molecule has 2 aromatic carbocycles. The van der Waals surface area contributed by atoms with Gasteiger partial charge in [0.15, 0.2) is 5.78 Å². The smallest absolute Gasteiger partial charge is 0.167 e. The highest BCUT2D eigenvalue weighted by atomic mass is 19.1. The van der Waals surface area contributed by atoms with Crippen LogP contribution in [0.3, 0.4) is 0 Å². The fourth-order valence-corrected chi connectivity index (χ4v) is 3.04. The van der Waals surface area contributed by atoms with Gasteiger partial charge in [0, 0.05) is 11.5 Å². The summed E-state index contributed by atoms with van der Waals surface area (Å²) in [4.78, 5) is 12.6. The van der Waals surface area contributed by atoms with Gasteiger partial charge in [-0.05, 0) is 55.0 Å². The molecule has 0 radical (unpaired) electrons. The molecule has 0 spiro atoms. The number of benzene rings is 2. The first kappa shape index (κ1) is 13.0. The van der Waals surface area contributed by atoms with E-state index in [1.165, 1.54) is 17.7 Å². The summed E-state index contributed by atoms with van der Waals surface area (Å²) in [5.74, 6) is 0.272. The van der Waals surface area contributed by atoms with Gasteiger partial charge in [0.05, 0.1) is 0 Å². The minimum atomic E-state index is -0.271. The Kier molecular flexibility index (Phi) is 3.17. The van der Waals surface area contributed by atoms with Gasteiger partial charge in [-0.2, -0.15) is 0 Å². The van der Waals surface area contributed by atoms with E-state index in [1.54, 1.807) is 0 Å². The van der Waals surface area contributed by atoms with Crippen molar-refractivity contribution in [1.82, 2.24) is 0 Å². The van der Waals surface area contributed by atoms with Gasteiger partial charge in [-0.25, -0.2) is 4.39 Å².